The lowest BCUT2D eigenvalue weighted by Gasteiger charge is -2.04. The average molecular weight is 249 g/mol. The molecule has 1 aromatic heterocycles. The molecule has 2 aromatic rings. The lowest BCUT2D eigenvalue weighted by atomic mass is 10.3. The van der Waals surface area contributed by atoms with Crippen molar-refractivity contribution in [3.05, 3.63) is 42.2 Å². The summed E-state index contributed by atoms with van der Waals surface area (Å²) in [5, 5.41) is 6.53. The van der Waals surface area contributed by atoms with E-state index in [1.807, 2.05) is 0 Å². The van der Waals surface area contributed by atoms with Crippen LogP contribution in [0.15, 0.2) is 30.6 Å². The zero-order valence-corrected chi connectivity index (χ0v) is 9.51. The molecular weight excluding hydrogens is 237 g/mol. The molecule has 0 unspecified atom stereocenters. The van der Waals surface area contributed by atoms with Gasteiger partial charge in [-0.3, -0.25) is 4.79 Å². The van der Waals surface area contributed by atoms with Crippen LogP contribution in [0.5, 0.6) is 0 Å². The highest BCUT2D eigenvalue weighted by Gasteiger charge is 2.06. The van der Waals surface area contributed by atoms with Crippen molar-refractivity contribution < 1.29 is 9.18 Å². The Labute approximate surface area is 103 Å². The second-order valence-corrected chi connectivity index (χ2v) is 3.62. The van der Waals surface area contributed by atoms with E-state index in [2.05, 4.69) is 15.4 Å². The van der Waals surface area contributed by atoms with Gasteiger partial charge in [-0.15, -0.1) is 0 Å². The fourth-order valence-corrected chi connectivity index (χ4v) is 1.42. The summed E-state index contributed by atoms with van der Waals surface area (Å²) in [4.78, 5) is 15.5. The van der Waals surface area contributed by atoms with Crippen LogP contribution < -0.4 is 11.1 Å². The predicted molar refractivity (Wildman–Crippen MR) is 62.9 cm³/mol. The SMILES string of the molecule is NCc1ncn(CC(=O)Nc2cccc(F)c2)n1. The maximum Gasteiger partial charge on any atom is 0.246 e. The van der Waals surface area contributed by atoms with Gasteiger partial charge >= 0.3 is 0 Å². The van der Waals surface area contributed by atoms with Gasteiger partial charge in [-0.25, -0.2) is 14.1 Å². The van der Waals surface area contributed by atoms with Crippen LogP contribution in [-0.2, 0) is 17.9 Å². The van der Waals surface area contributed by atoms with Crippen LogP contribution in [0.4, 0.5) is 10.1 Å². The first-order valence-electron chi connectivity index (χ1n) is 5.31. The number of hydrogen-bond donors (Lipinski definition) is 2. The molecule has 0 aliphatic heterocycles. The van der Waals surface area contributed by atoms with Gasteiger partial charge in [0.1, 0.15) is 18.7 Å². The molecule has 0 radical (unpaired) electrons. The maximum absolute atomic E-state index is 12.9. The van der Waals surface area contributed by atoms with Gasteiger partial charge in [-0.1, -0.05) is 6.07 Å². The number of halogens is 1. The summed E-state index contributed by atoms with van der Waals surface area (Å²) in [5.41, 5.74) is 5.76. The average Bonchev–Trinajstić information content (AvgIpc) is 2.76. The quantitative estimate of drug-likeness (QED) is 0.826. The first-order valence-corrected chi connectivity index (χ1v) is 5.31. The summed E-state index contributed by atoms with van der Waals surface area (Å²) in [7, 11) is 0. The van der Waals surface area contributed by atoms with E-state index in [4.69, 9.17) is 5.73 Å². The fraction of sp³-hybridized carbons (Fsp3) is 0.182. The van der Waals surface area contributed by atoms with E-state index in [1.165, 1.54) is 29.2 Å². The zero-order chi connectivity index (χ0) is 13.0. The third-order valence-corrected chi connectivity index (χ3v) is 2.18. The van der Waals surface area contributed by atoms with E-state index in [0.717, 1.165) is 0 Å². The Hall–Kier alpha value is -2.28. The highest BCUT2D eigenvalue weighted by Crippen LogP contribution is 2.08. The first-order chi connectivity index (χ1) is 8.67. The van der Waals surface area contributed by atoms with Crippen LogP contribution in [-0.4, -0.2) is 20.7 Å². The molecule has 1 heterocycles. The summed E-state index contributed by atoms with van der Waals surface area (Å²) < 4.78 is 14.3. The van der Waals surface area contributed by atoms with E-state index in [-0.39, 0.29) is 19.0 Å². The third-order valence-electron chi connectivity index (χ3n) is 2.18. The lowest BCUT2D eigenvalue weighted by molar-refractivity contribution is -0.116. The Bertz CT molecular complexity index is 554. The van der Waals surface area contributed by atoms with Crippen molar-refractivity contribution in [1.82, 2.24) is 14.8 Å². The number of carbonyl (C=O) groups excluding carboxylic acids is 1. The largest absolute Gasteiger partial charge is 0.324 e. The molecule has 18 heavy (non-hydrogen) atoms. The molecule has 7 heteroatoms. The van der Waals surface area contributed by atoms with E-state index in [1.54, 1.807) is 6.07 Å². The van der Waals surface area contributed by atoms with Crippen LogP contribution in [0.25, 0.3) is 0 Å². The first kappa shape index (κ1) is 12.2. The molecule has 0 spiro atoms. The van der Waals surface area contributed by atoms with E-state index >= 15 is 0 Å². The Kier molecular flexibility index (Phi) is 3.63. The summed E-state index contributed by atoms with van der Waals surface area (Å²) in [5.74, 6) is -0.249. The van der Waals surface area contributed by atoms with Crippen LogP contribution in [0.3, 0.4) is 0 Å². The van der Waals surface area contributed by atoms with Gasteiger partial charge in [0.15, 0.2) is 5.82 Å². The number of anilines is 1. The fourth-order valence-electron chi connectivity index (χ4n) is 1.42. The maximum atomic E-state index is 12.9. The van der Waals surface area contributed by atoms with Gasteiger partial charge in [0, 0.05) is 5.69 Å². The number of hydrogen-bond acceptors (Lipinski definition) is 4. The van der Waals surface area contributed by atoms with Gasteiger partial charge in [0.05, 0.1) is 6.54 Å². The summed E-state index contributed by atoms with van der Waals surface area (Å²) in [6, 6.07) is 5.67. The smallest absolute Gasteiger partial charge is 0.246 e. The molecule has 3 N–H and O–H groups in total. The minimum atomic E-state index is -0.404. The van der Waals surface area contributed by atoms with Crippen molar-refractivity contribution in [3.8, 4) is 0 Å². The Morgan fingerprint density at radius 2 is 2.33 bits per heavy atom. The van der Waals surface area contributed by atoms with Crippen molar-refractivity contribution in [1.29, 1.82) is 0 Å². The van der Waals surface area contributed by atoms with Crippen molar-refractivity contribution in [3.63, 3.8) is 0 Å². The number of nitrogens with zero attached hydrogens (tertiary/aromatic N) is 3. The molecule has 94 valence electrons. The number of nitrogens with two attached hydrogens (primary N) is 1. The molecule has 0 aliphatic carbocycles. The summed E-state index contributed by atoms with van der Waals surface area (Å²) in [6.45, 7) is 0.224. The van der Waals surface area contributed by atoms with E-state index in [9.17, 15) is 9.18 Å². The molecule has 0 aliphatic rings. The second-order valence-electron chi connectivity index (χ2n) is 3.62. The Morgan fingerprint density at radius 3 is 3.00 bits per heavy atom. The van der Waals surface area contributed by atoms with Crippen LogP contribution in [0.2, 0.25) is 0 Å². The number of amides is 1. The molecule has 1 aromatic carbocycles. The van der Waals surface area contributed by atoms with Gasteiger partial charge in [-0.2, -0.15) is 5.10 Å². The highest BCUT2D eigenvalue weighted by molar-refractivity contribution is 5.90. The second kappa shape index (κ2) is 5.37. The molecule has 0 bridgehead atoms. The van der Waals surface area contributed by atoms with Gasteiger partial charge in [0.25, 0.3) is 0 Å². The number of carbonyl (C=O) groups is 1. The van der Waals surface area contributed by atoms with Crippen molar-refractivity contribution in [2.24, 2.45) is 5.73 Å². The normalized spacial score (nSPS) is 10.3. The van der Waals surface area contributed by atoms with E-state index < -0.39 is 5.82 Å². The Morgan fingerprint density at radius 1 is 1.50 bits per heavy atom. The van der Waals surface area contributed by atoms with E-state index in [0.29, 0.717) is 11.5 Å². The molecule has 0 atom stereocenters. The molecule has 2 rings (SSSR count). The Balaban J connectivity index is 1.96. The standard InChI is InChI=1S/C11H12FN5O/c12-8-2-1-3-9(4-8)15-11(18)6-17-7-14-10(5-13)16-17/h1-4,7H,5-6,13H2,(H,15,18). The van der Waals surface area contributed by atoms with Gasteiger partial charge in [0.2, 0.25) is 5.91 Å². The number of nitrogens with one attached hydrogen (secondary N) is 1. The van der Waals surface area contributed by atoms with Crippen LogP contribution in [0.1, 0.15) is 5.82 Å². The van der Waals surface area contributed by atoms with Crippen molar-refractivity contribution in [2.45, 2.75) is 13.1 Å². The number of aromatic nitrogens is 3. The van der Waals surface area contributed by atoms with Crippen LogP contribution in [0, 0.1) is 5.82 Å². The minimum Gasteiger partial charge on any atom is -0.324 e. The summed E-state index contributed by atoms with van der Waals surface area (Å²) in [6.07, 6.45) is 1.42. The third kappa shape index (κ3) is 3.11. The predicted octanol–water partition coefficient (Wildman–Crippen LogP) is 0.515. The van der Waals surface area contributed by atoms with Gasteiger partial charge < -0.3 is 11.1 Å². The monoisotopic (exact) mass is 249 g/mol. The van der Waals surface area contributed by atoms with Crippen molar-refractivity contribution >= 4 is 11.6 Å². The topological polar surface area (TPSA) is 85.8 Å². The molecule has 0 saturated carbocycles. The van der Waals surface area contributed by atoms with Crippen molar-refractivity contribution in [2.75, 3.05) is 5.32 Å². The van der Waals surface area contributed by atoms with Crippen LogP contribution >= 0.6 is 0 Å². The highest BCUT2D eigenvalue weighted by atomic mass is 19.1. The zero-order valence-electron chi connectivity index (χ0n) is 9.51. The van der Waals surface area contributed by atoms with Gasteiger partial charge in [-0.05, 0) is 18.2 Å². The number of benzene rings is 1. The molecule has 6 nitrogen and oxygen atoms in total. The molecule has 0 fully saturated rings. The summed E-state index contributed by atoms with van der Waals surface area (Å²) >= 11 is 0. The number of rotatable bonds is 4. The molecule has 1 amide bonds. The molecule has 0 saturated heterocycles. The minimum absolute atomic E-state index is 0.00349. The lowest BCUT2D eigenvalue weighted by Crippen LogP contribution is -2.19. The molecular formula is C11H12FN5O.